The molecule has 1 heterocycles. The largest absolute Gasteiger partial charge is 0.486 e. The van der Waals surface area contributed by atoms with Crippen molar-refractivity contribution in [3.8, 4) is 5.75 Å². The van der Waals surface area contributed by atoms with Gasteiger partial charge in [0.15, 0.2) is 5.76 Å². The number of nitrogens with one attached hydrogen (secondary N) is 1. The summed E-state index contributed by atoms with van der Waals surface area (Å²) in [6.07, 6.45) is 1.00. The molecule has 1 aromatic heterocycles. The zero-order valence-electron chi connectivity index (χ0n) is 12.3. The van der Waals surface area contributed by atoms with Crippen molar-refractivity contribution >= 4 is 0 Å². The van der Waals surface area contributed by atoms with Gasteiger partial charge >= 0.3 is 0 Å². The maximum absolute atomic E-state index is 5.72. The summed E-state index contributed by atoms with van der Waals surface area (Å²) in [5.41, 5.74) is 2.17. The highest BCUT2D eigenvalue weighted by molar-refractivity contribution is 5.28. The standard InChI is InChI=1S/C16H22N2O2/c1-4-13-6-5-7-15(8-13)19-11-16-9-14(18-20-16)10-17-12(2)3/h5-9,12,17H,4,10-11H2,1-3H3. The summed E-state index contributed by atoms with van der Waals surface area (Å²) in [6.45, 7) is 7.45. The molecule has 4 nitrogen and oxygen atoms in total. The number of aromatic nitrogens is 1. The maximum atomic E-state index is 5.72. The lowest BCUT2D eigenvalue weighted by Crippen LogP contribution is -2.21. The molecule has 0 aliphatic heterocycles. The minimum atomic E-state index is 0.405. The molecule has 0 saturated carbocycles. The zero-order chi connectivity index (χ0) is 14.4. The lowest BCUT2D eigenvalue weighted by molar-refractivity contribution is 0.248. The minimum Gasteiger partial charge on any atom is -0.486 e. The summed E-state index contributed by atoms with van der Waals surface area (Å²) < 4.78 is 11.0. The van der Waals surface area contributed by atoms with E-state index in [9.17, 15) is 0 Å². The molecule has 0 saturated heterocycles. The van der Waals surface area contributed by atoms with Gasteiger partial charge in [0, 0.05) is 18.7 Å². The van der Waals surface area contributed by atoms with Gasteiger partial charge in [-0.25, -0.2) is 0 Å². The van der Waals surface area contributed by atoms with Crippen molar-refractivity contribution in [3.63, 3.8) is 0 Å². The highest BCUT2D eigenvalue weighted by atomic mass is 16.5. The van der Waals surface area contributed by atoms with Crippen LogP contribution in [0.25, 0.3) is 0 Å². The summed E-state index contributed by atoms with van der Waals surface area (Å²) >= 11 is 0. The Labute approximate surface area is 120 Å². The zero-order valence-corrected chi connectivity index (χ0v) is 12.3. The van der Waals surface area contributed by atoms with E-state index >= 15 is 0 Å². The van der Waals surface area contributed by atoms with Gasteiger partial charge in [-0.3, -0.25) is 0 Å². The van der Waals surface area contributed by atoms with Gasteiger partial charge in [-0.05, 0) is 24.1 Å². The van der Waals surface area contributed by atoms with E-state index in [1.807, 2.05) is 18.2 Å². The average molecular weight is 274 g/mol. The van der Waals surface area contributed by atoms with E-state index in [1.165, 1.54) is 5.56 Å². The van der Waals surface area contributed by atoms with Crippen LogP contribution in [0.3, 0.4) is 0 Å². The van der Waals surface area contributed by atoms with Crippen molar-refractivity contribution < 1.29 is 9.26 Å². The smallest absolute Gasteiger partial charge is 0.174 e. The van der Waals surface area contributed by atoms with Gasteiger partial charge in [0.1, 0.15) is 12.4 Å². The Hall–Kier alpha value is -1.81. The molecule has 0 atom stereocenters. The van der Waals surface area contributed by atoms with Crippen molar-refractivity contribution in [3.05, 3.63) is 47.3 Å². The van der Waals surface area contributed by atoms with Crippen LogP contribution >= 0.6 is 0 Å². The Balaban J connectivity index is 1.87. The Bertz CT molecular complexity index is 535. The van der Waals surface area contributed by atoms with Crippen molar-refractivity contribution in [2.24, 2.45) is 0 Å². The molecule has 2 rings (SSSR count). The van der Waals surface area contributed by atoms with Crippen LogP contribution in [0.1, 0.15) is 37.8 Å². The molecule has 0 aliphatic carbocycles. The van der Waals surface area contributed by atoms with Crippen LogP contribution in [0.4, 0.5) is 0 Å². The first-order chi connectivity index (χ1) is 9.67. The van der Waals surface area contributed by atoms with E-state index < -0.39 is 0 Å². The fourth-order valence-electron chi connectivity index (χ4n) is 1.83. The Kier molecular flexibility index (Phi) is 5.18. The van der Waals surface area contributed by atoms with Gasteiger partial charge in [-0.1, -0.05) is 38.1 Å². The summed E-state index contributed by atoms with van der Waals surface area (Å²) in [6, 6.07) is 10.5. The third-order valence-corrected chi connectivity index (χ3v) is 2.99. The number of nitrogens with zero attached hydrogens (tertiary/aromatic N) is 1. The highest BCUT2D eigenvalue weighted by Gasteiger charge is 2.05. The molecule has 2 aromatic rings. The van der Waals surface area contributed by atoms with Crippen LogP contribution in [-0.4, -0.2) is 11.2 Å². The van der Waals surface area contributed by atoms with E-state index in [0.717, 1.165) is 23.6 Å². The molecule has 20 heavy (non-hydrogen) atoms. The first kappa shape index (κ1) is 14.6. The summed E-state index contributed by atoms with van der Waals surface area (Å²) in [7, 11) is 0. The molecule has 4 heteroatoms. The van der Waals surface area contributed by atoms with Crippen LogP contribution in [0.5, 0.6) is 5.75 Å². The number of benzene rings is 1. The quantitative estimate of drug-likeness (QED) is 0.841. The Morgan fingerprint density at radius 2 is 2.15 bits per heavy atom. The summed E-state index contributed by atoms with van der Waals surface area (Å²) in [5.74, 6) is 1.61. The first-order valence-electron chi connectivity index (χ1n) is 7.07. The number of rotatable bonds is 7. The fourth-order valence-corrected chi connectivity index (χ4v) is 1.83. The maximum Gasteiger partial charge on any atom is 0.174 e. The molecule has 0 aliphatic rings. The van der Waals surface area contributed by atoms with E-state index in [2.05, 4.69) is 43.4 Å². The summed E-state index contributed by atoms with van der Waals surface area (Å²) in [5, 5.41) is 7.32. The highest BCUT2D eigenvalue weighted by Crippen LogP contribution is 2.16. The Morgan fingerprint density at radius 3 is 2.90 bits per heavy atom. The average Bonchev–Trinajstić information content (AvgIpc) is 2.91. The second-order valence-electron chi connectivity index (χ2n) is 5.11. The monoisotopic (exact) mass is 274 g/mol. The second kappa shape index (κ2) is 7.10. The van der Waals surface area contributed by atoms with Crippen LogP contribution in [-0.2, 0) is 19.6 Å². The molecular weight excluding hydrogens is 252 g/mol. The number of ether oxygens (including phenoxy) is 1. The predicted octanol–water partition coefficient (Wildman–Crippen LogP) is 3.31. The number of hydrogen-bond acceptors (Lipinski definition) is 4. The van der Waals surface area contributed by atoms with E-state index in [1.54, 1.807) is 0 Å². The SMILES string of the molecule is CCc1cccc(OCc2cc(CNC(C)C)no2)c1. The number of hydrogen-bond donors (Lipinski definition) is 1. The molecule has 1 aromatic carbocycles. The second-order valence-corrected chi connectivity index (χ2v) is 5.11. The van der Waals surface area contributed by atoms with Gasteiger partial charge in [-0.15, -0.1) is 0 Å². The lowest BCUT2D eigenvalue weighted by atomic mass is 10.2. The molecule has 0 bridgehead atoms. The van der Waals surface area contributed by atoms with E-state index in [-0.39, 0.29) is 0 Å². The number of aryl methyl sites for hydroxylation is 1. The van der Waals surface area contributed by atoms with Crippen LogP contribution in [0.2, 0.25) is 0 Å². The van der Waals surface area contributed by atoms with Gasteiger partial charge in [0.2, 0.25) is 0 Å². The molecule has 1 N–H and O–H groups in total. The van der Waals surface area contributed by atoms with Gasteiger partial charge in [-0.2, -0.15) is 0 Å². The summed E-state index contributed by atoms with van der Waals surface area (Å²) in [4.78, 5) is 0. The Morgan fingerprint density at radius 1 is 1.30 bits per heavy atom. The van der Waals surface area contributed by atoms with Crippen molar-refractivity contribution in [2.75, 3.05) is 0 Å². The van der Waals surface area contributed by atoms with Crippen LogP contribution in [0.15, 0.2) is 34.9 Å². The third kappa shape index (κ3) is 4.38. The lowest BCUT2D eigenvalue weighted by Gasteiger charge is -2.05. The first-order valence-corrected chi connectivity index (χ1v) is 7.07. The van der Waals surface area contributed by atoms with Crippen molar-refractivity contribution in [2.45, 2.75) is 46.4 Å². The topological polar surface area (TPSA) is 47.3 Å². The van der Waals surface area contributed by atoms with E-state index in [4.69, 9.17) is 9.26 Å². The predicted molar refractivity (Wildman–Crippen MR) is 78.6 cm³/mol. The van der Waals surface area contributed by atoms with Gasteiger partial charge in [0.05, 0.1) is 5.69 Å². The molecule has 0 spiro atoms. The van der Waals surface area contributed by atoms with Gasteiger partial charge < -0.3 is 14.6 Å². The molecule has 0 radical (unpaired) electrons. The van der Waals surface area contributed by atoms with Crippen LogP contribution < -0.4 is 10.1 Å². The van der Waals surface area contributed by atoms with Crippen molar-refractivity contribution in [1.29, 1.82) is 0 Å². The van der Waals surface area contributed by atoms with Crippen molar-refractivity contribution in [1.82, 2.24) is 10.5 Å². The third-order valence-electron chi connectivity index (χ3n) is 2.99. The normalized spacial score (nSPS) is 11.0. The van der Waals surface area contributed by atoms with E-state index in [0.29, 0.717) is 19.2 Å². The fraction of sp³-hybridized carbons (Fsp3) is 0.438. The molecule has 0 fully saturated rings. The minimum absolute atomic E-state index is 0.405. The molecular formula is C16H22N2O2. The molecule has 0 unspecified atom stereocenters. The van der Waals surface area contributed by atoms with Crippen LogP contribution in [0, 0.1) is 0 Å². The molecule has 0 amide bonds. The van der Waals surface area contributed by atoms with Gasteiger partial charge in [0.25, 0.3) is 0 Å². The molecule has 108 valence electrons.